The highest BCUT2D eigenvalue weighted by molar-refractivity contribution is 6.05. The molecule has 0 unspecified atom stereocenters. The number of carbonyl (C=O) groups is 1. The summed E-state index contributed by atoms with van der Waals surface area (Å²) in [6.45, 7) is 0.848. The molecule has 0 bridgehead atoms. The van der Waals surface area contributed by atoms with Crippen LogP contribution in [0.5, 0.6) is 17.2 Å². The zero-order valence-corrected chi connectivity index (χ0v) is 20.7. The molecule has 1 fully saturated rings. The maximum atomic E-state index is 13.1. The predicted octanol–water partition coefficient (Wildman–Crippen LogP) is 1.90. The Bertz CT molecular complexity index is 1220. The first kappa shape index (κ1) is 24.1. The van der Waals surface area contributed by atoms with Gasteiger partial charge in [0.15, 0.2) is 24.2 Å². The number of nitrogens with zero attached hydrogens (tertiary/aromatic N) is 1. The van der Waals surface area contributed by atoms with E-state index in [9.17, 15) is 4.79 Å². The Morgan fingerprint density at radius 3 is 2.35 bits per heavy atom. The van der Waals surface area contributed by atoms with Crippen molar-refractivity contribution in [2.24, 2.45) is 5.92 Å². The molecule has 1 aromatic heterocycles. The topological polar surface area (TPSA) is 60.7 Å². The lowest BCUT2D eigenvalue weighted by atomic mass is 9.88. The summed E-state index contributed by atoms with van der Waals surface area (Å²) in [6.07, 6.45) is 8.44. The zero-order chi connectivity index (χ0) is 22.9. The first-order valence-electron chi connectivity index (χ1n) is 11.7. The number of fused-ring (bicyclic) bond motifs is 4. The fourth-order valence-electron chi connectivity index (χ4n) is 5.25. The van der Waals surface area contributed by atoms with Gasteiger partial charge in [0.25, 0.3) is 0 Å². The van der Waals surface area contributed by atoms with E-state index >= 15 is 0 Å². The SMILES string of the molecule is COc1cc2c(cc1OC)-c1cc3ccc(OC)c(NC(=O)C4CCCCC4)c3c[n+]1CC2.[Cl-]. The van der Waals surface area contributed by atoms with Crippen molar-refractivity contribution in [1.82, 2.24) is 0 Å². The van der Waals surface area contributed by atoms with E-state index < -0.39 is 0 Å². The molecule has 2 aromatic carbocycles. The number of halogens is 1. The molecule has 1 N–H and O–H groups in total. The summed E-state index contributed by atoms with van der Waals surface area (Å²) in [5.74, 6) is 2.35. The number of aryl methyl sites for hydroxylation is 2. The Hall–Kier alpha value is -2.99. The summed E-state index contributed by atoms with van der Waals surface area (Å²) in [5, 5.41) is 5.27. The molecular formula is C27H31ClN2O4. The van der Waals surface area contributed by atoms with E-state index in [0.717, 1.165) is 77.9 Å². The first-order valence-corrected chi connectivity index (χ1v) is 11.7. The van der Waals surface area contributed by atoms with Crippen molar-refractivity contribution in [2.75, 3.05) is 26.6 Å². The minimum absolute atomic E-state index is 0. The van der Waals surface area contributed by atoms with Gasteiger partial charge in [-0.05, 0) is 42.0 Å². The monoisotopic (exact) mass is 482 g/mol. The number of pyridine rings is 1. The molecule has 2 aliphatic rings. The van der Waals surface area contributed by atoms with E-state index in [-0.39, 0.29) is 24.2 Å². The largest absolute Gasteiger partial charge is 1.00 e. The van der Waals surface area contributed by atoms with E-state index in [1.54, 1.807) is 21.3 Å². The molecule has 1 aliphatic carbocycles. The van der Waals surface area contributed by atoms with Gasteiger partial charge in [0.05, 0.1) is 38.0 Å². The number of hydrogen-bond donors (Lipinski definition) is 1. The van der Waals surface area contributed by atoms with Gasteiger partial charge in [0, 0.05) is 18.4 Å². The van der Waals surface area contributed by atoms with Crippen molar-refractivity contribution in [2.45, 2.75) is 45.1 Å². The quantitative estimate of drug-likeness (QED) is 0.564. The molecule has 1 amide bonds. The molecule has 7 heteroatoms. The number of aromatic nitrogens is 1. The highest BCUT2D eigenvalue weighted by Crippen LogP contribution is 2.39. The van der Waals surface area contributed by atoms with E-state index in [1.807, 2.05) is 6.07 Å². The van der Waals surface area contributed by atoms with Gasteiger partial charge in [-0.3, -0.25) is 4.79 Å². The highest BCUT2D eigenvalue weighted by atomic mass is 35.5. The van der Waals surface area contributed by atoms with Crippen LogP contribution >= 0.6 is 0 Å². The van der Waals surface area contributed by atoms with E-state index in [4.69, 9.17) is 14.2 Å². The molecular weight excluding hydrogens is 452 g/mol. The molecule has 1 aliphatic heterocycles. The van der Waals surface area contributed by atoms with Crippen molar-refractivity contribution in [3.8, 4) is 28.5 Å². The minimum atomic E-state index is 0. The third-order valence-electron chi connectivity index (χ3n) is 7.08. The van der Waals surface area contributed by atoms with Gasteiger partial charge in [-0.1, -0.05) is 25.3 Å². The van der Waals surface area contributed by atoms with Crippen molar-refractivity contribution in [3.63, 3.8) is 0 Å². The Balaban J connectivity index is 0.00000274. The van der Waals surface area contributed by atoms with E-state index in [1.165, 1.54) is 12.0 Å². The number of nitrogens with one attached hydrogen (secondary N) is 1. The van der Waals surface area contributed by atoms with E-state index in [0.29, 0.717) is 5.75 Å². The van der Waals surface area contributed by atoms with Crippen LogP contribution in [-0.4, -0.2) is 27.2 Å². The van der Waals surface area contributed by atoms with Gasteiger partial charge in [0.1, 0.15) is 5.75 Å². The van der Waals surface area contributed by atoms with Crippen molar-refractivity contribution in [1.29, 1.82) is 0 Å². The number of benzene rings is 2. The third-order valence-corrected chi connectivity index (χ3v) is 7.08. The van der Waals surface area contributed by atoms with Crippen LogP contribution in [0.15, 0.2) is 36.5 Å². The van der Waals surface area contributed by atoms with Crippen LogP contribution < -0.4 is 36.5 Å². The maximum Gasteiger partial charge on any atom is 0.227 e. The van der Waals surface area contributed by atoms with Crippen LogP contribution in [0.25, 0.3) is 22.0 Å². The summed E-state index contributed by atoms with van der Waals surface area (Å²) in [4.78, 5) is 13.1. The van der Waals surface area contributed by atoms with Crippen molar-refractivity contribution >= 4 is 22.4 Å². The van der Waals surface area contributed by atoms with Crippen molar-refractivity contribution in [3.05, 3.63) is 42.1 Å². The van der Waals surface area contributed by atoms with Crippen LogP contribution in [-0.2, 0) is 17.8 Å². The molecule has 0 spiro atoms. The number of hydrogen-bond acceptors (Lipinski definition) is 4. The van der Waals surface area contributed by atoms with Crippen LogP contribution in [0.1, 0.15) is 37.7 Å². The number of rotatable bonds is 5. The summed E-state index contributed by atoms with van der Waals surface area (Å²) < 4.78 is 19.0. The summed E-state index contributed by atoms with van der Waals surface area (Å²) in [7, 11) is 4.98. The number of amides is 1. The summed E-state index contributed by atoms with van der Waals surface area (Å²) in [5.41, 5.74) is 4.27. The highest BCUT2D eigenvalue weighted by Gasteiger charge is 2.28. The third kappa shape index (κ3) is 4.27. The molecule has 0 radical (unpaired) electrons. The second-order valence-electron chi connectivity index (χ2n) is 8.94. The second kappa shape index (κ2) is 10.1. The Morgan fingerprint density at radius 1 is 0.941 bits per heavy atom. The maximum absolute atomic E-state index is 13.1. The Morgan fingerprint density at radius 2 is 1.65 bits per heavy atom. The molecule has 3 aromatic rings. The number of methoxy groups -OCH3 is 3. The van der Waals surface area contributed by atoms with Crippen LogP contribution in [0.2, 0.25) is 0 Å². The van der Waals surface area contributed by atoms with Gasteiger partial charge in [-0.25, -0.2) is 0 Å². The van der Waals surface area contributed by atoms with E-state index in [2.05, 4.69) is 40.3 Å². The average Bonchev–Trinajstić information content (AvgIpc) is 2.87. The van der Waals surface area contributed by atoms with Crippen molar-refractivity contribution < 1.29 is 36.0 Å². The molecule has 5 rings (SSSR count). The van der Waals surface area contributed by atoms with Gasteiger partial charge in [0.2, 0.25) is 11.6 Å². The smallest absolute Gasteiger partial charge is 0.227 e. The van der Waals surface area contributed by atoms with Crippen LogP contribution in [0.3, 0.4) is 0 Å². The number of ether oxygens (including phenoxy) is 3. The molecule has 2 heterocycles. The predicted molar refractivity (Wildman–Crippen MR) is 128 cm³/mol. The molecule has 0 saturated heterocycles. The zero-order valence-electron chi connectivity index (χ0n) is 19.9. The summed E-state index contributed by atoms with van der Waals surface area (Å²) in [6, 6.07) is 10.3. The normalized spacial score (nSPS) is 15.0. The lowest BCUT2D eigenvalue weighted by Crippen LogP contribution is -3.00. The Labute approximate surface area is 206 Å². The fraction of sp³-hybridized carbons (Fsp3) is 0.407. The number of carbonyl (C=O) groups excluding carboxylic acids is 1. The lowest BCUT2D eigenvalue weighted by Gasteiger charge is -2.22. The van der Waals surface area contributed by atoms with Gasteiger partial charge < -0.3 is 31.9 Å². The lowest BCUT2D eigenvalue weighted by molar-refractivity contribution is -0.686. The van der Waals surface area contributed by atoms with Crippen LogP contribution in [0.4, 0.5) is 5.69 Å². The summed E-state index contributed by atoms with van der Waals surface area (Å²) >= 11 is 0. The average molecular weight is 483 g/mol. The van der Waals surface area contributed by atoms with Gasteiger partial charge >= 0.3 is 0 Å². The molecule has 180 valence electrons. The molecule has 34 heavy (non-hydrogen) atoms. The van der Waals surface area contributed by atoms with Gasteiger partial charge in [-0.15, -0.1) is 0 Å². The molecule has 1 saturated carbocycles. The van der Waals surface area contributed by atoms with Gasteiger partial charge in [-0.2, -0.15) is 4.57 Å². The Kier molecular flexibility index (Phi) is 7.17. The first-order chi connectivity index (χ1) is 16.1. The standard InChI is InChI=1S/C27H30N2O4.ClH/c1-31-23-10-9-18-13-22-20-15-25(33-3)24(32-2)14-19(20)11-12-29(22)16-21(18)26(23)28-27(30)17-7-5-4-6-8-17;/h9-10,13-17H,4-8,11-12H2,1-3H3;1H. The minimum Gasteiger partial charge on any atom is -1.00 e. The molecule has 6 nitrogen and oxygen atoms in total. The van der Waals surface area contributed by atoms with Crippen LogP contribution in [0, 0.1) is 5.92 Å². The molecule has 0 atom stereocenters. The fourth-order valence-corrected chi connectivity index (χ4v) is 5.25. The second-order valence-corrected chi connectivity index (χ2v) is 8.94. The number of anilines is 1.